The van der Waals surface area contributed by atoms with Crippen LogP contribution in [0.3, 0.4) is 0 Å². The fourth-order valence-electron chi connectivity index (χ4n) is 4.36. The Kier molecular flexibility index (Phi) is 6.04. The molecule has 0 bridgehead atoms. The highest BCUT2D eigenvalue weighted by Gasteiger charge is 2.26. The van der Waals surface area contributed by atoms with Crippen molar-refractivity contribution in [1.82, 2.24) is 19.4 Å². The number of rotatable bonds is 9. The molecule has 1 amide bonds. The number of amides is 1. The number of carbonyl (C=O) groups excluding carboxylic acids is 1. The molecule has 2 saturated carbocycles. The van der Waals surface area contributed by atoms with Gasteiger partial charge in [-0.3, -0.25) is 4.79 Å². The van der Waals surface area contributed by atoms with Crippen molar-refractivity contribution in [2.45, 2.75) is 58.4 Å². The molecule has 0 aliphatic heterocycles. The Labute approximate surface area is 172 Å². The molecule has 7 nitrogen and oxygen atoms in total. The third-order valence-corrected chi connectivity index (χ3v) is 6.25. The van der Waals surface area contributed by atoms with Crippen LogP contribution in [0.15, 0.2) is 6.07 Å². The predicted octanol–water partition coefficient (Wildman–Crippen LogP) is 2.94. The highest BCUT2D eigenvalue weighted by Crippen LogP contribution is 2.34. The Morgan fingerprint density at radius 2 is 2.00 bits per heavy atom. The molecule has 158 valence electrons. The molecule has 29 heavy (non-hydrogen) atoms. The largest absolute Gasteiger partial charge is 0.382 e. The standard InChI is InChI=1S/C22H33N5O2/c1-15-13-18-20(21(23)24-15)25-19(14-16-7-8-16)27(18)10-12-29-11-9-26(2)22(28)17-5-3-4-6-17/h13,16-17H,3-12,14H2,1-2H3,(H2,23,24). The predicted molar refractivity (Wildman–Crippen MR) is 114 cm³/mol. The molecule has 4 rings (SSSR count). The summed E-state index contributed by atoms with van der Waals surface area (Å²) in [4.78, 5) is 23.4. The Morgan fingerprint density at radius 3 is 2.72 bits per heavy atom. The van der Waals surface area contributed by atoms with E-state index in [1.807, 2.05) is 18.9 Å². The summed E-state index contributed by atoms with van der Waals surface area (Å²) in [7, 11) is 1.89. The second-order valence-corrected chi connectivity index (χ2v) is 8.70. The maximum atomic E-state index is 12.4. The molecule has 2 fully saturated rings. The number of fused-ring (bicyclic) bond motifs is 1. The van der Waals surface area contributed by atoms with Crippen LogP contribution in [0.25, 0.3) is 11.0 Å². The Bertz CT molecular complexity index is 868. The summed E-state index contributed by atoms with van der Waals surface area (Å²) < 4.78 is 8.13. The second-order valence-electron chi connectivity index (χ2n) is 8.70. The number of anilines is 1. The molecule has 2 aromatic heterocycles. The second kappa shape index (κ2) is 8.69. The number of aryl methyl sites for hydroxylation is 1. The van der Waals surface area contributed by atoms with Crippen LogP contribution < -0.4 is 5.73 Å². The lowest BCUT2D eigenvalue weighted by Gasteiger charge is -2.21. The van der Waals surface area contributed by atoms with E-state index in [2.05, 4.69) is 15.6 Å². The number of carbonyl (C=O) groups is 1. The summed E-state index contributed by atoms with van der Waals surface area (Å²) in [6.07, 6.45) is 8.01. The molecule has 2 aliphatic rings. The van der Waals surface area contributed by atoms with Crippen LogP contribution >= 0.6 is 0 Å². The number of aromatic nitrogens is 3. The van der Waals surface area contributed by atoms with E-state index in [0.717, 1.165) is 54.3 Å². The molecule has 0 saturated heterocycles. The number of nitrogen functional groups attached to an aromatic ring is 1. The van der Waals surface area contributed by atoms with Gasteiger partial charge in [0.25, 0.3) is 0 Å². The summed E-state index contributed by atoms with van der Waals surface area (Å²) in [5.41, 5.74) is 8.87. The number of imidazole rings is 1. The van der Waals surface area contributed by atoms with Crippen molar-refractivity contribution < 1.29 is 9.53 Å². The summed E-state index contributed by atoms with van der Waals surface area (Å²) >= 11 is 0. The maximum absolute atomic E-state index is 12.4. The monoisotopic (exact) mass is 399 g/mol. The third-order valence-electron chi connectivity index (χ3n) is 6.25. The minimum absolute atomic E-state index is 0.226. The van der Waals surface area contributed by atoms with Crippen LogP contribution in [0.2, 0.25) is 0 Å². The zero-order valence-corrected chi connectivity index (χ0v) is 17.7. The maximum Gasteiger partial charge on any atom is 0.225 e. The van der Waals surface area contributed by atoms with Gasteiger partial charge in [0, 0.05) is 38.2 Å². The van der Waals surface area contributed by atoms with Crippen molar-refractivity contribution >= 4 is 22.8 Å². The lowest BCUT2D eigenvalue weighted by Crippen LogP contribution is -2.34. The highest BCUT2D eigenvalue weighted by molar-refractivity contribution is 5.85. The highest BCUT2D eigenvalue weighted by atomic mass is 16.5. The normalized spacial score (nSPS) is 17.3. The lowest BCUT2D eigenvalue weighted by atomic mass is 10.1. The third kappa shape index (κ3) is 4.71. The number of ether oxygens (including phenoxy) is 1. The first kappa shape index (κ1) is 20.1. The van der Waals surface area contributed by atoms with Crippen LogP contribution in [0.1, 0.15) is 50.0 Å². The zero-order valence-electron chi connectivity index (χ0n) is 17.7. The van der Waals surface area contributed by atoms with E-state index in [9.17, 15) is 4.79 Å². The summed E-state index contributed by atoms with van der Waals surface area (Å²) in [5, 5.41) is 0. The number of nitrogens with two attached hydrogens (primary N) is 1. The SMILES string of the molecule is Cc1cc2c(nc(CC3CC3)n2CCOCCN(C)C(=O)C2CCCC2)c(N)n1. The van der Waals surface area contributed by atoms with Gasteiger partial charge in [-0.15, -0.1) is 0 Å². The molecular formula is C22H33N5O2. The van der Waals surface area contributed by atoms with Gasteiger partial charge >= 0.3 is 0 Å². The van der Waals surface area contributed by atoms with Crippen molar-refractivity contribution in [3.05, 3.63) is 17.6 Å². The summed E-state index contributed by atoms with van der Waals surface area (Å²) in [5.74, 6) is 2.83. The van der Waals surface area contributed by atoms with Crippen molar-refractivity contribution in [2.75, 3.05) is 32.5 Å². The molecule has 0 atom stereocenters. The Hall–Kier alpha value is -2.15. The van der Waals surface area contributed by atoms with E-state index in [4.69, 9.17) is 15.5 Å². The van der Waals surface area contributed by atoms with E-state index in [0.29, 0.717) is 25.6 Å². The van der Waals surface area contributed by atoms with Crippen LogP contribution in [0, 0.1) is 18.8 Å². The van der Waals surface area contributed by atoms with Gasteiger partial charge in [0.05, 0.1) is 18.7 Å². The number of pyridine rings is 1. The van der Waals surface area contributed by atoms with Crippen molar-refractivity contribution in [3.8, 4) is 0 Å². The molecular weight excluding hydrogens is 366 g/mol. The van der Waals surface area contributed by atoms with Gasteiger partial charge in [0.1, 0.15) is 11.3 Å². The zero-order chi connectivity index (χ0) is 20.4. The first-order chi connectivity index (χ1) is 14.0. The minimum Gasteiger partial charge on any atom is -0.382 e. The lowest BCUT2D eigenvalue weighted by molar-refractivity contribution is -0.134. The quantitative estimate of drug-likeness (QED) is 0.655. The molecule has 0 spiro atoms. The molecule has 7 heteroatoms. The molecule has 2 N–H and O–H groups in total. The molecule has 0 unspecified atom stereocenters. The smallest absolute Gasteiger partial charge is 0.225 e. The van der Waals surface area contributed by atoms with E-state index >= 15 is 0 Å². The van der Waals surface area contributed by atoms with E-state index in [-0.39, 0.29) is 11.8 Å². The first-order valence-electron chi connectivity index (χ1n) is 11.0. The van der Waals surface area contributed by atoms with Crippen molar-refractivity contribution in [1.29, 1.82) is 0 Å². The van der Waals surface area contributed by atoms with Gasteiger partial charge < -0.3 is 19.9 Å². The average molecular weight is 400 g/mol. The number of nitrogens with zero attached hydrogens (tertiary/aromatic N) is 4. The summed E-state index contributed by atoms with van der Waals surface area (Å²) in [6, 6.07) is 2.06. The molecule has 2 heterocycles. The Morgan fingerprint density at radius 1 is 1.24 bits per heavy atom. The molecule has 2 aliphatic carbocycles. The number of hydrogen-bond donors (Lipinski definition) is 1. The Balaban J connectivity index is 1.33. The van der Waals surface area contributed by atoms with Crippen LogP contribution in [0.5, 0.6) is 0 Å². The minimum atomic E-state index is 0.226. The van der Waals surface area contributed by atoms with Gasteiger partial charge in [-0.1, -0.05) is 12.8 Å². The van der Waals surface area contributed by atoms with Gasteiger partial charge in [-0.25, -0.2) is 9.97 Å². The van der Waals surface area contributed by atoms with Crippen LogP contribution in [-0.4, -0.2) is 52.1 Å². The number of likely N-dealkylation sites (N-methyl/N-ethyl adjacent to an activating group) is 1. The van der Waals surface area contributed by atoms with Crippen LogP contribution in [-0.2, 0) is 22.5 Å². The van der Waals surface area contributed by atoms with Gasteiger partial charge in [0.2, 0.25) is 5.91 Å². The van der Waals surface area contributed by atoms with E-state index < -0.39 is 0 Å². The fraction of sp³-hybridized carbons (Fsp3) is 0.682. The van der Waals surface area contributed by atoms with E-state index in [1.165, 1.54) is 25.7 Å². The summed E-state index contributed by atoms with van der Waals surface area (Å²) in [6.45, 7) is 4.49. The van der Waals surface area contributed by atoms with E-state index in [1.54, 1.807) is 0 Å². The number of hydrogen-bond acceptors (Lipinski definition) is 5. The molecule has 0 aromatic carbocycles. The topological polar surface area (TPSA) is 86.3 Å². The van der Waals surface area contributed by atoms with Gasteiger partial charge in [-0.2, -0.15) is 0 Å². The molecule has 0 radical (unpaired) electrons. The molecule has 2 aromatic rings. The first-order valence-corrected chi connectivity index (χ1v) is 11.0. The van der Waals surface area contributed by atoms with Crippen LogP contribution in [0.4, 0.5) is 5.82 Å². The van der Waals surface area contributed by atoms with Gasteiger partial charge in [-0.05, 0) is 44.6 Å². The van der Waals surface area contributed by atoms with Crippen molar-refractivity contribution in [3.63, 3.8) is 0 Å². The fourth-order valence-corrected chi connectivity index (χ4v) is 4.36. The average Bonchev–Trinajstić information content (AvgIpc) is 3.21. The van der Waals surface area contributed by atoms with Gasteiger partial charge in [0.15, 0.2) is 5.82 Å². The van der Waals surface area contributed by atoms with Crippen molar-refractivity contribution in [2.24, 2.45) is 11.8 Å².